The summed E-state index contributed by atoms with van der Waals surface area (Å²) in [4.78, 5) is 37.9. The predicted octanol–water partition coefficient (Wildman–Crippen LogP) is 5.23. The highest BCUT2D eigenvalue weighted by atomic mass is 19.4. The summed E-state index contributed by atoms with van der Waals surface area (Å²) in [5.74, 6) is -4.59. The first-order chi connectivity index (χ1) is 24.1. The number of rotatable bonds is 7. The topological polar surface area (TPSA) is 188 Å². The van der Waals surface area contributed by atoms with Gasteiger partial charge in [-0.25, -0.2) is 4.79 Å². The van der Waals surface area contributed by atoms with Crippen LogP contribution in [-0.4, -0.2) is 58.0 Å². The van der Waals surface area contributed by atoms with Crippen LogP contribution in [0.15, 0.2) is 66.7 Å². The molecule has 4 atom stereocenters. The molecule has 0 spiro atoms. The number of ether oxygens (including phenoxy) is 6. The minimum Gasteiger partial charge on any atom is -0.508 e. The molecule has 4 N–H and O–H groups in total. The maximum Gasteiger partial charge on any atom is 0.416 e. The lowest BCUT2D eigenvalue weighted by atomic mass is 9.92. The van der Waals surface area contributed by atoms with Gasteiger partial charge in [0, 0.05) is 30.2 Å². The molecule has 266 valence electrons. The highest BCUT2D eigenvalue weighted by Crippen LogP contribution is 2.47. The molecule has 4 aromatic carbocycles. The van der Waals surface area contributed by atoms with E-state index < -0.39 is 77.5 Å². The van der Waals surface area contributed by atoms with Gasteiger partial charge in [-0.15, -0.1) is 0 Å². The van der Waals surface area contributed by atoms with Gasteiger partial charge in [0.2, 0.25) is 5.78 Å². The molecule has 2 aliphatic rings. The average Bonchev–Trinajstić information content (AvgIpc) is 3.07. The largest absolute Gasteiger partial charge is 0.508 e. The Balaban J connectivity index is 1.31. The van der Waals surface area contributed by atoms with Gasteiger partial charge >= 0.3 is 18.1 Å². The second kappa shape index (κ2) is 13.3. The summed E-state index contributed by atoms with van der Waals surface area (Å²) < 4.78 is 73.7. The monoisotopic (exact) mass is 712 g/mol. The number of hydrogen-bond donors (Lipinski definition) is 4. The highest BCUT2D eigenvalue weighted by molar-refractivity contribution is 5.94. The van der Waals surface area contributed by atoms with Crippen LogP contribution >= 0.6 is 0 Å². The fraction of sp³-hybridized carbons (Fsp3) is 0.229. The first-order valence-corrected chi connectivity index (χ1v) is 15.0. The van der Waals surface area contributed by atoms with Crippen molar-refractivity contribution >= 4 is 17.7 Å². The Hall–Kier alpha value is -6.16. The maximum atomic E-state index is 13.3. The lowest BCUT2D eigenvalue weighted by molar-refractivity contribution is -0.138. The van der Waals surface area contributed by atoms with Gasteiger partial charge < -0.3 is 48.8 Å². The fourth-order valence-corrected chi connectivity index (χ4v) is 5.61. The van der Waals surface area contributed by atoms with Gasteiger partial charge in [0.05, 0.1) is 18.2 Å². The molecule has 2 heterocycles. The lowest BCUT2D eigenvalue weighted by Crippen LogP contribution is -2.38. The molecule has 6 rings (SSSR count). The minimum absolute atomic E-state index is 0.0579. The molecule has 16 heteroatoms. The number of Topliss-reactive ketones (excluding diaryl/α,β-unsaturated/α-hetero) is 1. The van der Waals surface area contributed by atoms with Crippen LogP contribution in [0, 0.1) is 0 Å². The van der Waals surface area contributed by atoms with Crippen LogP contribution < -0.4 is 23.7 Å². The summed E-state index contributed by atoms with van der Waals surface area (Å²) in [6.45, 7) is 0.406. The van der Waals surface area contributed by atoms with Gasteiger partial charge in [-0.3, -0.25) is 9.59 Å². The summed E-state index contributed by atoms with van der Waals surface area (Å²) in [6, 6.07) is 12.5. The van der Waals surface area contributed by atoms with Crippen molar-refractivity contribution in [2.45, 2.75) is 37.5 Å². The van der Waals surface area contributed by atoms with Crippen molar-refractivity contribution in [3.8, 4) is 46.0 Å². The van der Waals surface area contributed by atoms with Crippen LogP contribution in [0.5, 0.6) is 46.0 Å². The Morgan fingerprint density at radius 1 is 0.824 bits per heavy atom. The number of phenols is 3. The zero-order valence-electron chi connectivity index (χ0n) is 26.5. The second-order valence-electron chi connectivity index (χ2n) is 11.4. The number of ketones is 1. The number of aliphatic hydroxyl groups excluding tert-OH is 1. The number of halogens is 3. The van der Waals surface area contributed by atoms with E-state index in [9.17, 15) is 48.0 Å². The van der Waals surface area contributed by atoms with E-state index in [4.69, 9.17) is 28.4 Å². The van der Waals surface area contributed by atoms with Crippen LogP contribution in [0.2, 0.25) is 0 Å². The fourth-order valence-electron chi connectivity index (χ4n) is 5.61. The zero-order valence-corrected chi connectivity index (χ0v) is 26.5. The van der Waals surface area contributed by atoms with Crippen molar-refractivity contribution in [1.82, 2.24) is 0 Å². The molecule has 0 fully saturated rings. The van der Waals surface area contributed by atoms with Crippen LogP contribution in [0.1, 0.15) is 57.8 Å². The number of aromatic hydroxyl groups is 3. The van der Waals surface area contributed by atoms with E-state index in [2.05, 4.69) is 0 Å². The number of alkyl halides is 3. The first-order valence-electron chi connectivity index (χ1n) is 15.0. The van der Waals surface area contributed by atoms with Gasteiger partial charge in [0.25, 0.3) is 0 Å². The Morgan fingerprint density at radius 3 is 2.27 bits per heavy atom. The molecule has 4 aromatic rings. The van der Waals surface area contributed by atoms with Gasteiger partial charge in [-0.2, -0.15) is 13.2 Å². The molecular formula is C35H27F3O13. The highest BCUT2D eigenvalue weighted by Gasteiger charge is 2.41. The summed E-state index contributed by atoms with van der Waals surface area (Å²) in [5.41, 5.74) is -1.28. The van der Waals surface area contributed by atoms with E-state index in [1.807, 2.05) is 0 Å². The van der Waals surface area contributed by atoms with Crippen molar-refractivity contribution in [2.75, 3.05) is 13.7 Å². The molecule has 0 radical (unpaired) electrons. The van der Waals surface area contributed by atoms with Crippen molar-refractivity contribution < 1.29 is 76.4 Å². The van der Waals surface area contributed by atoms with Crippen molar-refractivity contribution in [3.05, 3.63) is 94.5 Å². The second-order valence-corrected chi connectivity index (χ2v) is 11.4. The zero-order chi connectivity index (χ0) is 36.8. The maximum absolute atomic E-state index is 13.3. The lowest BCUT2D eigenvalue weighted by Gasteiger charge is -2.35. The number of hydrogen-bond acceptors (Lipinski definition) is 13. The van der Waals surface area contributed by atoms with E-state index >= 15 is 0 Å². The van der Waals surface area contributed by atoms with Crippen LogP contribution in [0.25, 0.3) is 0 Å². The summed E-state index contributed by atoms with van der Waals surface area (Å²) in [5, 5.41) is 41.0. The van der Waals surface area contributed by atoms with Crippen LogP contribution in [-0.2, 0) is 20.5 Å². The van der Waals surface area contributed by atoms with Crippen molar-refractivity contribution in [1.29, 1.82) is 0 Å². The van der Waals surface area contributed by atoms with Gasteiger partial charge in [-0.05, 0) is 42.5 Å². The third kappa shape index (κ3) is 6.85. The summed E-state index contributed by atoms with van der Waals surface area (Å²) in [7, 11) is 1.32. The molecule has 0 bridgehead atoms. The molecule has 0 saturated carbocycles. The molecule has 0 aromatic heterocycles. The average molecular weight is 713 g/mol. The number of benzene rings is 4. The van der Waals surface area contributed by atoms with Gasteiger partial charge in [-0.1, -0.05) is 12.1 Å². The molecule has 0 saturated heterocycles. The van der Waals surface area contributed by atoms with Gasteiger partial charge in [0.15, 0.2) is 41.3 Å². The first kappa shape index (κ1) is 34.7. The molecule has 4 unspecified atom stereocenters. The van der Waals surface area contributed by atoms with Crippen molar-refractivity contribution in [2.24, 2.45) is 0 Å². The molecule has 0 amide bonds. The number of esters is 2. The standard InChI is InChI=1S/C35H27F3O13/c1-15(39)48-24-11-18(35(36,37)38)5-6-20(24)34(45)47-14-28-32(16-3-7-21(41)25(9-16)46-2)50-26-10-17(4-8-23(26)49-28)33-31(44)30(43)29-22(42)12-19(40)13-27(29)51-33/h3-13,28,30,32-33,40-43H,14H2,1-2H3. The number of fused-ring (bicyclic) bond motifs is 2. The number of phenolic OH excluding ortho intramolecular Hbond substituents is 3. The van der Waals surface area contributed by atoms with E-state index in [1.54, 1.807) is 0 Å². The van der Waals surface area contributed by atoms with Gasteiger partial charge in [0.1, 0.15) is 41.3 Å². The Kier molecular flexibility index (Phi) is 9.03. The van der Waals surface area contributed by atoms with E-state index in [1.165, 1.54) is 43.5 Å². The summed E-state index contributed by atoms with van der Waals surface area (Å²) >= 11 is 0. The van der Waals surface area contributed by atoms with E-state index in [0.717, 1.165) is 25.1 Å². The van der Waals surface area contributed by atoms with E-state index in [-0.39, 0.29) is 45.6 Å². The third-order valence-corrected chi connectivity index (χ3v) is 7.99. The number of aliphatic hydroxyl groups is 1. The molecular weight excluding hydrogens is 685 g/mol. The quantitative estimate of drug-likeness (QED) is 0.144. The number of methoxy groups -OCH3 is 1. The van der Waals surface area contributed by atoms with E-state index in [0.29, 0.717) is 17.7 Å². The number of carbonyl (C=O) groups excluding carboxylic acids is 3. The van der Waals surface area contributed by atoms with Crippen LogP contribution in [0.4, 0.5) is 13.2 Å². The molecule has 13 nitrogen and oxygen atoms in total. The SMILES string of the molecule is COc1cc(C2Oc3cc(C4Oc5cc(O)cc(O)c5C(O)C4=O)ccc3OC2COC(=O)c2ccc(C(F)(F)F)cc2OC(C)=O)ccc1O. The number of carbonyl (C=O) groups is 3. The normalized spacial score (nSPS) is 19.4. The smallest absolute Gasteiger partial charge is 0.416 e. The third-order valence-electron chi connectivity index (χ3n) is 7.99. The summed E-state index contributed by atoms with van der Waals surface area (Å²) in [6.07, 6.45) is -10.2. The molecule has 2 aliphatic heterocycles. The Labute approximate surface area is 285 Å². The Morgan fingerprint density at radius 2 is 1.57 bits per heavy atom. The predicted molar refractivity (Wildman–Crippen MR) is 165 cm³/mol. The van der Waals surface area contributed by atoms with Crippen molar-refractivity contribution in [3.63, 3.8) is 0 Å². The molecule has 51 heavy (non-hydrogen) atoms. The Bertz CT molecular complexity index is 2040. The molecule has 0 aliphatic carbocycles. The van der Waals surface area contributed by atoms with Crippen LogP contribution in [0.3, 0.4) is 0 Å². The minimum atomic E-state index is -4.79.